The zero-order chi connectivity index (χ0) is 9.07. The van der Waals surface area contributed by atoms with Crippen LogP contribution in [0.5, 0.6) is 0 Å². The molecule has 0 unspecified atom stereocenters. The number of rotatable bonds is 1. The second kappa shape index (κ2) is 5.60. The van der Waals surface area contributed by atoms with E-state index in [9.17, 15) is 22.4 Å². The Balaban J connectivity index is -0.000000167. The van der Waals surface area contributed by atoms with Gasteiger partial charge in [-0.1, -0.05) is 0 Å². The number of allylic oxidation sites excluding steroid dienone is 1. The molecule has 0 rings (SSSR count). The largest absolute Gasteiger partial charge is 2.00 e. The number of halogens is 4. The van der Waals surface area contributed by atoms with Crippen molar-refractivity contribution in [1.82, 2.24) is 0 Å². The molecule has 8 heteroatoms. The van der Waals surface area contributed by atoms with Gasteiger partial charge in [0.25, 0.3) is 6.01 Å². The van der Waals surface area contributed by atoms with E-state index < -0.39 is 24.4 Å². The molecule has 0 aliphatic heterocycles. The van der Waals surface area contributed by atoms with Crippen molar-refractivity contribution >= 4 is 43.9 Å². The first-order chi connectivity index (χ1) is 4.81. The normalized spacial score (nSPS) is 11.8. The van der Waals surface area contributed by atoms with Crippen LogP contribution in [0, 0.1) is 0 Å². The van der Waals surface area contributed by atoms with Crippen molar-refractivity contribution < 1.29 is 35.1 Å². The monoisotopic (exact) mass is 216 g/mol. The van der Waals surface area contributed by atoms with Crippen molar-refractivity contribution in [3.8, 4) is 0 Å². The van der Waals surface area contributed by atoms with Crippen molar-refractivity contribution in [2.75, 3.05) is 0 Å². The Morgan fingerprint density at radius 2 is 1.92 bits per heavy atom. The molecule has 0 aromatic rings. The van der Waals surface area contributed by atoms with Crippen molar-refractivity contribution in [3.05, 3.63) is 12.1 Å². The minimum Gasteiger partial charge on any atom is -1.00 e. The van der Waals surface area contributed by atoms with Crippen LogP contribution in [0.25, 0.3) is 0 Å². The Morgan fingerprint density at radius 1 is 1.50 bits per heavy atom. The maximum absolute atomic E-state index is 11.7. The van der Waals surface area contributed by atoms with Gasteiger partial charge in [0, 0.05) is 0 Å². The van der Waals surface area contributed by atoms with Gasteiger partial charge >= 0.3 is 50.1 Å². The van der Waals surface area contributed by atoms with Gasteiger partial charge in [0.2, 0.25) is 0 Å². The Hall–Kier alpha value is -0.0103. The maximum Gasteiger partial charge on any atom is 2.00 e. The van der Waals surface area contributed by atoms with E-state index >= 15 is 0 Å². The third-order valence-corrected chi connectivity index (χ3v) is 0.462. The Morgan fingerprint density at radius 3 is 2.17 bits per heavy atom. The summed E-state index contributed by atoms with van der Waals surface area (Å²) >= 11 is 0. The number of alkyl halides is 3. The summed E-state index contributed by atoms with van der Waals surface area (Å²) in [5.74, 6) is 0. The molecule has 0 aliphatic rings. The summed E-state index contributed by atoms with van der Waals surface area (Å²) in [6.07, 6.45) is -7.95. The minimum absolute atomic E-state index is 0. The molecule has 0 saturated carbocycles. The van der Waals surface area contributed by atoms with Gasteiger partial charge in [-0.05, 0) is 0 Å². The molecule has 0 spiro atoms. The molecule has 0 radical (unpaired) electrons. The van der Waals surface area contributed by atoms with Crippen molar-refractivity contribution in [1.29, 1.82) is 0 Å². The van der Waals surface area contributed by atoms with Crippen LogP contribution in [0.3, 0.4) is 0 Å². The smallest absolute Gasteiger partial charge is 1.00 e. The molecule has 0 fully saturated rings. The molecule has 3 nitrogen and oxygen atoms in total. The van der Waals surface area contributed by atoms with E-state index in [1.54, 1.807) is 0 Å². The average molecular weight is 216 g/mol. The standard InChI is InChI=1S/C4H2F4O3.Ca.2H/c5-2(11-3(9)10)1-4(6,7)8;;;/h1H,(H,9,10);;;/q;+2;2*-1. The van der Waals surface area contributed by atoms with Crippen LogP contribution >= 0.6 is 0 Å². The average Bonchev–Trinajstić information content (AvgIpc) is 1.53. The number of carboxylic acid groups (broad SMARTS) is 1. The van der Waals surface area contributed by atoms with Crippen molar-refractivity contribution in [2.45, 2.75) is 6.18 Å². The summed E-state index contributed by atoms with van der Waals surface area (Å²) in [6.45, 7) is 0. The summed E-state index contributed by atoms with van der Waals surface area (Å²) in [7, 11) is 0. The van der Waals surface area contributed by atoms with Crippen LogP contribution in [0.4, 0.5) is 22.4 Å². The quantitative estimate of drug-likeness (QED) is 0.315. The van der Waals surface area contributed by atoms with E-state index in [1.807, 2.05) is 0 Å². The predicted molar refractivity (Wildman–Crippen MR) is 32.3 cm³/mol. The van der Waals surface area contributed by atoms with Crippen LogP contribution < -0.4 is 0 Å². The first kappa shape index (κ1) is 14.5. The maximum atomic E-state index is 11.7. The number of hydrogen-bond donors (Lipinski definition) is 1. The van der Waals surface area contributed by atoms with Crippen molar-refractivity contribution in [2.24, 2.45) is 0 Å². The Bertz CT molecular complexity index is 196. The SMILES string of the molecule is O=C(O)OC(F)=CC(F)(F)F.[Ca+2].[H-].[H-]. The molecule has 0 bridgehead atoms. The second-order valence-electron chi connectivity index (χ2n) is 1.36. The van der Waals surface area contributed by atoms with E-state index in [1.165, 1.54) is 0 Å². The Labute approximate surface area is 97.0 Å². The fourth-order valence-electron chi connectivity index (χ4n) is 0.242. The molecular formula is C4H4CaF4O3. The first-order valence-corrected chi connectivity index (χ1v) is 2.17. The summed E-state index contributed by atoms with van der Waals surface area (Å²) in [5, 5.41) is 7.61. The number of hydrogen-bond acceptors (Lipinski definition) is 2. The number of ether oxygens (including phenoxy) is 1. The van der Waals surface area contributed by atoms with Crippen LogP contribution in [0.2, 0.25) is 0 Å². The van der Waals surface area contributed by atoms with E-state index in [-0.39, 0.29) is 40.6 Å². The van der Waals surface area contributed by atoms with Gasteiger partial charge in [-0.15, -0.1) is 0 Å². The van der Waals surface area contributed by atoms with E-state index in [0.29, 0.717) is 0 Å². The van der Waals surface area contributed by atoms with Crippen LogP contribution in [0.15, 0.2) is 12.1 Å². The summed E-state index contributed by atoms with van der Waals surface area (Å²) < 4.78 is 48.2. The van der Waals surface area contributed by atoms with Crippen LogP contribution in [-0.2, 0) is 4.74 Å². The molecule has 0 aromatic carbocycles. The fraction of sp³-hybridized carbons (Fsp3) is 0.250. The van der Waals surface area contributed by atoms with Crippen molar-refractivity contribution in [3.63, 3.8) is 0 Å². The molecule has 12 heavy (non-hydrogen) atoms. The van der Waals surface area contributed by atoms with Gasteiger partial charge in [-0.3, -0.25) is 0 Å². The zero-order valence-corrected chi connectivity index (χ0v) is 7.77. The fourth-order valence-corrected chi connectivity index (χ4v) is 0.242. The minimum atomic E-state index is -4.92. The van der Waals surface area contributed by atoms with Gasteiger partial charge in [0.05, 0.1) is 6.08 Å². The first-order valence-electron chi connectivity index (χ1n) is 2.17. The van der Waals surface area contributed by atoms with Gasteiger partial charge in [0.15, 0.2) is 0 Å². The number of carbonyl (C=O) groups is 1. The molecule has 0 heterocycles. The molecule has 1 N–H and O–H groups in total. The molecule has 0 amide bonds. The van der Waals surface area contributed by atoms with Gasteiger partial charge < -0.3 is 12.7 Å². The molecule has 0 aliphatic carbocycles. The van der Waals surface area contributed by atoms with E-state index in [4.69, 9.17) is 5.11 Å². The predicted octanol–water partition coefficient (Wildman–Crippen LogP) is 1.90. The third-order valence-electron chi connectivity index (χ3n) is 0.462. The summed E-state index contributed by atoms with van der Waals surface area (Å²) in [4.78, 5) is 9.43. The summed E-state index contributed by atoms with van der Waals surface area (Å²) in [5.41, 5.74) is 0. The van der Waals surface area contributed by atoms with Crippen LogP contribution in [0.1, 0.15) is 2.85 Å². The van der Waals surface area contributed by atoms with Gasteiger partial charge in [-0.2, -0.15) is 17.6 Å². The van der Waals surface area contributed by atoms with Gasteiger partial charge in [-0.25, -0.2) is 4.79 Å². The third kappa shape index (κ3) is 9.99. The van der Waals surface area contributed by atoms with Crippen LogP contribution in [-0.4, -0.2) is 55.2 Å². The van der Waals surface area contributed by atoms with E-state index in [2.05, 4.69) is 4.74 Å². The zero-order valence-electron chi connectivity index (χ0n) is 7.56. The molecule has 0 aromatic heterocycles. The Kier molecular flexibility index (Phi) is 6.78. The topological polar surface area (TPSA) is 46.5 Å². The summed E-state index contributed by atoms with van der Waals surface area (Å²) in [6, 6.07) is -2.20. The second-order valence-corrected chi connectivity index (χ2v) is 1.36. The van der Waals surface area contributed by atoms with Gasteiger partial charge in [0.1, 0.15) is 0 Å². The van der Waals surface area contributed by atoms with E-state index in [0.717, 1.165) is 0 Å². The molecule has 0 saturated heterocycles. The molecular weight excluding hydrogens is 212 g/mol. The molecule has 0 atom stereocenters. The molecule has 68 valence electrons.